The first-order chi connectivity index (χ1) is 7.25. The summed E-state index contributed by atoms with van der Waals surface area (Å²) in [5.74, 6) is -0.102. The van der Waals surface area contributed by atoms with Crippen LogP contribution in [0, 0.1) is 23.7 Å². The average Bonchev–Trinajstić information content (AvgIpc) is 2.12. The Morgan fingerprint density at radius 2 is 0.625 bits per heavy atom. The second-order valence-electron chi connectivity index (χ2n) is 1.72. The Bertz CT molecular complexity index is 346. The average molecular weight is 228 g/mol. The van der Waals surface area contributed by atoms with Gasteiger partial charge in [-0.3, -0.25) is 0 Å². The monoisotopic (exact) mass is 228 g/mol. The molecule has 84 valence electrons. The van der Waals surface area contributed by atoms with E-state index in [2.05, 4.69) is 0 Å². The summed E-state index contributed by atoms with van der Waals surface area (Å²) < 4.78 is 0. The van der Waals surface area contributed by atoms with Gasteiger partial charge in [-0.05, 0) is 0 Å². The first kappa shape index (κ1) is 15.5. The van der Waals surface area contributed by atoms with Crippen LogP contribution in [0.3, 0.4) is 0 Å². The van der Waals surface area contributed by atoms with Gasteiger partial charge in [0.05, 0.1) is 0 Å². The predicted molar refractivity (Wildman–Crippen MR) is 46.1 cm³/mol. The fourth-order valence-corrected chi connectivity index (χ4v) is 0.214. The van der Waals surface area contributed by atoms with E-state index in [1.54, 1.807) is 0 Å². The summed E-state index contributed by atoms with van der Waals surface area (Å²) >= 11 is 0. The Kier molecular flexibility index (Phi) is 8.31. The molecule has 0 fully saturated rings. The van der Waals surface area contributed by atoms with Gasteiger partial charge in [-0.2, -0.15) is 0 Å². The van der Waals surface area contributed by atoms with Crippen molar-refractivity contribution in [1.29, 1.82) is 0 Å². The fourth-order valence-electron chi connectivity index (χ4n) is 0.214. The van der Waals surface area contributed by atoms with Gasteiger partial charge in [0, 0.05) is 23.7 Å². The molecule has 0 aliphatic rings. The van der Waals surface area contributed by atoms with Gasteiger partial charge in [0.2, 0.25) is 0 Å². The minimum absolute atomic E-state index is 1.41. The Morgan fingerprint density at radius 3 is 0.688 bits per heavy atom. The molecular weight excluding hydrogens is 224 g/mol. The third-order valence-electron chi connectivity index (χ3n) is 0.553. The van der Waals surface area contributed by atoms with Crippen molar-refractivity contribution >= 4 is 23.9 Å². The number of carboxylic acid groups (broad SMARTS) is 4. The SMILES string of the molecule is O=C(O)C#CC(=O)O.O=C(O)C#CC(=O)O. The molecule has 0 radical (unpaired) electrons. The summed E-state index contributed by atoms with van der Waals surface area (Å²) in [4.78, 5) is 37.9. The minimum atomic E-state index is -1.44. The zero-order valence-corrected chi connectivity index (χ0v) is 7.42. The van der Waals surface area contributed by atoms with Crippen molar-refractivity contribution in [3.63, 3.8) is 0 Å². The molecule has 0 amide bonds. The standard InChI is InChI=1S/2C4H2O4/c2*5-3(6)1-2-4(7)8/h2*(H,5,6)(H,7,8). The van der Waals surface area contributed by atoms with E-state index in [-0.39, 0.29) is 0 Å². The van der Waals surface area contributed by atoms with E-state index >= 15 is 0 Å². The first-order valence-corrected chi connectivity index (χ1v) is 3.21. The third-order valence-corrected chi connectivity index (χ3v) is 0.553. The molecule has 8 nitrogen and oxygen atoms in total. The Hall–Kier alpha value is -3.00. The number of rotatable bonds is 0. The van der Waals surface area contributed by atoms with Crippen LogP contribution in [-0.4, -0.2) is 44.3 Å². The van der Waals surface area contributed by atoms with Gasteiger partial charge in [-0.15, -0.1) is 0 Å². The molecule has 16 heavy (non-hydrogen) atoms. The molecule has 0 heterocycles. The second kappa shape index (κ2) is 8.59. The maximum atomic E-state index is 9.47. The number of hydrogen-bond acceptors (Lipinski definition) is 4. The third kappa shape index (κ3) is 22.4. The fraction of sp³-hybridized carbons (Fsp3) is 0. The molecule has 0 saturated heterocycles. The predicted octanol–water partition coefficient (Wildman–Crippen LogP) is -1.68. The normalized spacial score (nSPS) is 6.50. The molecule has 0 aliphatic heterocycles. The Morgan fingerprint density at radius 1 is 0.500 bits per heavy atom. The molecule has 0 aromatic rings. The van der Waals surface area contributed by atoms with Gasteiger partial charge in [0.15, 0.2) is 0 Å². The van der Waals surface area contributed by atoms with Crippen molar-refractivity contribution in [2.24, 2.45) is 0 Å². The van der Waals surface area contributed by atoms with Crippen molar-refractivity contribution in [2.45, 2.75) is 0 Å². The van der Waals surface area contributed by atoms with Crippen molar-refractivity contribution in [1.82, 2.24) is 0 Å². The van der Waals surface area contributed by atoms with E-state index in [1.165, 1.54) is 23.7 Å². The molecule has 4 N–H and O–H groups in total. The van der Waals surface area contributed by atoms with Crippen molar-refractivity contribution < 1.29 is 39.6 Å². The highest BCUT2D eigenvalue weighted by atomic mass is 16.4. The molecule has 0 spiro atoms. The van der Waals surface area contributed by atoms with Crippen LogP contribution in [0.4, 0.5) is 0 Å². The van der Waals surface area contributed by atoms with Gasteiger partial charge in [0.25, 0.3) is 0 Å². The zero-order valence-electron chi connectivity index (χ0n) is 7.42. The molecular formula is C8H4O8. The summed E-state index contributed by atoms with van der Waals surface area (Å²) in [6.45, 7) is 0. The Balaban J connectivity index is 0. The van der Waals surface area contributed by atoms with Crippen molar-refractivity contribution in [3.8, 4) is 23.7 Å². The molecule has 8 heteroatoms. The number of carboxylic acids is 4. The molecule has 0 aliphatic carbocycles. The summed E-state index contributed by atoms with van der Waals surface area (Å²) in [5, 5.41) is 30.9. The Labute approximate surface area is 88.1 Å². The number of carbonyl (C=O) groups is 4. The van der Waals surface area contributed by atoms with Crippen LogP contribution in [0.5, 0.6) is 0 Å². The van der Waals surface area contributed by atoms with E-state index in [4.69, 9.17) is 20.4 Å². The smallest absolute Gasteiger partial charge is 0.382 e. The molecule has 0 saturated carbocycles. The maximum Gasteiger partial charge on any atom is 0.382 e. The molecule has 0 atom stereocenters. The minimum Gasteiger partial charge on any atom is -0.472 e. The zero-order chi connectivity index (χ0) is 13.1. The molecule has 0 rings (SSSR count). The summed E-state index contributed by atoms with van der Waals surface area (Å²) in [6.07, 6.45) is 0. The maximum absolute atomic E-state index is 9.47. The van der Waals surface area contributed by atoms with Crippen LogP contribution in [0.15, 0.2) is 0 Å². The van der Waals surface area contributed by atoms with Crippen LogP contribution >= 0.6 is 0 Å². The van der Waals surface area contributed by atoms with Gasteiger partial charge in [-0.1, -0.05) is 0 Å². The van der Waals surface area contributed by atoms with E-state index in [1.807, 2.05) is 0 Å². The van der Waals surface area contributed by atoms with Gasteiger partial charge in [-0.25, -0.2) is 19.2 Å². The second-order valence-corrected chi connectivity index (χ2v) is 1.72. The van der Waals surface area contributed by atoms with Crippen LogP contribution in [0.25, 0.3) is 0 Å². The molecule has 0 aromatic carbocycles. The topological polar surface area (TPSA) is 149 Å². The van der Waals surface area contributed by atoms with Crippen molar-refractivity contribution in [2.75, 3.05) is 0 Å². The first-order valence-electron chi connectivity index (χ1n) is 3.21. The van der Waals surface area contributed by atoms with Crippen LogP contribution < -0.4 is 0 Å². The van der Waals surface area contributed by atoms with Gasteiger partial charge in [0.1, 0.15) is 0 Å². The highest BCUT2D eigenvalue weighted by Crippen LogP contribution is 1.58. The van der Waals surface area contributed by atoms with E-state index < -0.39 is 23.9 Å². The lowest BCUT2D eigenvalue weighted by Crippen LogP contribution is -1.92. The van der Waals surface area contributed by atoms with Crippen molar-refractivity contribution in [3.05, 3.63) is 0 Å². The highest BCUT2D eigenvalue weighted by Gasteiger charge is 1.86. The lowest BCUT2D eigenvalue weighted by Gasteiger charge is -1.68. The van der Waals surface area contributed by atoms with Gasteiger partial charge >= 0.3 is 23.9 Å². The highest BCUT2D eigenvalue weighted by molar-refractivity contribution is 5.96. The van der Waals surface area contributed by atoms with Crippen LogP contribution in [0.1, 0.15) is 0 Å². The lowest BCUT2D eigenvalue weighted by molar-refractivity contribution is -0.132. The number of aliphatic carboxylic acids is 4. The quantitative estimate of drug-likeness (QED) is 0.359. The molecule has 0 aromatic heterocycles. The summed E-state index contributed by atoms with van der Waals surface area (Å²) in [6, 6.07) is 0. The molecule has 0 bridgehead atoms. The summed E-state index contributed by atoms with van der Waals surface area (Å²) in [7, 11) is 0. The number of hydrogen-bond donors (Lipinski definition) is 4. The van der Waals surface area contributed by atoms with Gasteiger partial charge < -0.3 is 20.4 Å². The van der Waals surface area contributed by atoms with E-state index in [0.717, 1.165) is 0 Å². The molecule has 0 unspecified atom stereocenters. The summed E-state index contributed by atoms with van der Waals surface area (Å²) in [5.41, 5.74) is 0. The lowest BCUT2D eigenvalue weighted by atomic mass is 10.6. The largest absolute Gasteiger partial charge is 0.472 e. The van der Waals surface area contributed by atoms with Crippen LogP contribution in [-0.2, 0) is 19.2 Å². The van der Waals surface area contributed by atoms with E-state index in [0.29, 0.717) is 0 Å². The van der Waals surface area contributed by atoms with E-state index in [9.17, 15) is 19.2 Å². The van der Waals surface area contributed by atoms with Crippen LogP contribution in [0.2, 0.25) is 0 Å².